The Labute approximate surface area is 171 Å². The maximum atomic E-state index is 15.0. The monoisotopic (exact) mass is 405 g/mol. The van der Waals surface area contributed by atoms with Gasteiger partial charge in [-0.15, -0.1) is 5.16 Å². The number of hydrogen-bond donors (Lipinski definition) is 1. The predicted molar refractivity (Wildman–Crippen MR) is 119 cm³/mol. The zero-order chi connectivity index (χ0) is 20.1. The van der Waals surface area contributed by atoms with Gasteiger partial charge in [0.1, 0.15) is 0 Å². The molecule has 0 amide bonds. The van der Waals surface area contributed by atoms with Crippen LogP contribution in [-0.2, 0) is 4.57 Å². The van der Waals surface area contributed by atoms with Crippen LogP contribution in [0.4, 0.5) is 11.4 Å². The van der Waals surface area contributed by atoms with Crippen molar-refractivity contribution in [2.45, 2.75) is 12.1 Å². The molecule has 1 aliphatic heterocycles. The van der Waals surface area contributed by atoms with Crippen molar-refractivity contribution in [1.29, 1.82) is 0 Å². The molecule has 0 saturated carbocycles. The Hall–Kier alpha value is -3.04. The number of hydrogen-bond acceptors (Lipinski definition) is 3. The van der Waals surface area contributed by atoms with E-state index in [1.165, 1.54) is 6.21 Å². The lowest BCUT2D eigenvalue weighted by Gasteiger charge is -2.38. The quantitative estimate of drug-likeness (QED) is 0.244. The van der Waals surface area contributed by atoms with Gasteiger partial charge < -0.3 is 14.5 Å². The molecule has 0 bridgehead atoms. The van der Waals surface area contributed by atoms with Crippen molar-refractivity contribution in [3.8, 4) is 0 Å². The molecule has 6 heteroatoms. The molecule has 3 aromatic rings. The van der Waals surface area contributed by atoms with E-state index in [1.54, 1.807) is 0 Å². The Morgan fingerprint density at radius 3 is 1.72 bits per heavy atom. The fourth-order valence-electron chi connectivity index (χ4n) is 4.02. The molecule has 1 saturated heterocycles. The third-order valence-corrected chi connectivity index (χ3v) is 8.89. The normalized spacial score (nSPS) is 17.0. The molecule has 1 unspecified atom stereocenters. The van der Waals surface area contributed by atoms with Crippen LogP contribution in [-0.4, -0.2) is 24.5 Å². The molecule has 1 aliphatic rings. The second-order valence-corrected chi connectivity index (χ2v) is 9.73. The van der Waals surface area contributed by atoms with Crippen molar-refractivity contribution in [1.82, 2.24) is 0 Å². The SMILES string of the molecule is O=P1(C(CC=NO)c2ccccc2)N(c2ccccc2)CCN1c1ccccc1. The van der Waals surface area contributed by atoms with E-state index in [0.29, 0.717) is 19.5 Å². The van der Waals surface area contributed by atoms with E-state index >= 15 is 0 Å². The number of oxime groups is 1. The van der Waals surface area contributed by atoms with E-state index in [4.69, 9.17) is 5.21 Å². The topological polar surface area (TPSA) is 56.1 Å². The summed E-state index contributed by atoms with van der Waals surface area (Å²) in [5.41, 5.74) is 2.52. The lowest BCUT2D eigenvalue weighted by atomic mass is 10.1. The molecule has 1 fully saturated rings. The molecule has 1 atom stereocenters. The van der Waals surface area contributed by atoms with Gasteiger partial charge in [-0.1, -0.05) is 66.7 Å². The highest BCUT2D eigenvalue weighted by atomic mass is 31.2. The minimum absolute atomic E-state index is 0.331. The van der Waals surface area contributed by atoms with Gasteiger partial charge in [0.2, 0.25) is 0 Å². The van der Waals surface area contributed by atoms with Gasteiger partial charge >= 0.3 is 0 Å². The highest BCUT2D eigenvalue weighted by Crippen LogP contribution is 2.69. The Balaban J connectivity index is 1.88. The lowest BCUT2D eigenvalue weighted by molar-refractivity contribution is 0.320. The second-order valence-electron chi connectivity index (χ2n) is 6.97. The van der Waals surface area contributed by atoms with Crippen molar-refractivity contribution in [3.05, 3.63) is 96.6 Å². The molecule has 0 spiro atoms. The molecule has 1 N–H and O–H groups in total. The van der Waals surface area contributed by atoms with Crippen molar-refractivity contribution >= 4 is 25.0 Å². The van der Waals surface area contributed by atoms with Crippen molar-refractivity contribution in [3.63, 3.8) is 0 Å². The summed E-state index contributed by atoms with van der Waals surface area (Å²) in [6, 6.07) is 29.7. The molecule has 148 valence electrons. The third kappa shape index (κ3) is 3.66. The summed E-state index contributed by atoms with van der Waals surface area (Å²) < 4.78 is 19.1. The largest absolute Gasteiger partial charge is 0.411 e. The summed E-state index contributed by atoms with van der Waals surface area (Å²) in [6.45, 7) is 1.32. The standard InChI is InChI=1S/C23H24N3O2P/c27-24-17-16-23(20-10-4-1-5-11-20)29(28)25(21-12-6-2-7-13-21)18-19-26(29)22-14-8-3-9-15-22/h1-15,17,23,27H,16,18-19H2. The maximum absolute atomic E-state index is 15.0. The van der Waals surface area contributed by atoms with Crippen molar-refractivity contribution in [2.75, 3.05) is 22.4 Å². The molecule has 5 nitrogen and oxygen atoms in total. The molecule has 0 aliphatic carbocycles. The summed E-state index contributed by atoms with van der Waals surface area (Å²) in [6.07, 6.45) is 1.83. The summed E-state index contributed by atoms with van der Waals surface area (Å²) in [7, 11) is -3.13. The number of para-hydroxylation sites is 2. The summed E-state index contributed by atoms with van der Waals surface area (Å²) in [4.78, 5) is 0. The average Bonchev–Trinajstić information content (AvgIpc) is 3.13. The van der Waals surface area contributed by atoms with E-state index in [9.17, 15) is 4.57 Å². The van der Waals surface area contributed by atoms with E-state index in [0.717, 1.165) is 16.9 Å². The van der Waals surface area contributed by atoms with Crippen LogP contribution in [0.3, 0.4) is 0 Å². The first-order valence-electron chi connectivity index (χ1n) is 9.72. The van der Waals surface area contributed by atoms with Crippen LogP contribution >= 0.6 is 7.44 Å². The van der Waals surface area contributed by atoms with E-state index in [-0.39, 0.29) is 5.66 Å². The second kappa shape index (κ2) is 8.54. The summed E-state index contributed by atoms with van der Waals surface area (Å²) >= 11 is 0. The molecule has 0 aromatic heterocycles. The number of rotatable bonds is 6. The van der Waals surface area contributed by atoms with Gasteiger partial charge in [-0.3, -0.25) is 4.57 Å². The number of nitrogens with zero attached hydrogens (tertiary/aromatic N) is 3. The molecule has 0 radical (unpaired) electrons. The average molecular weight is 405 g/mol. The van der Waals surface area contributed by atoms with Crippen LogP contribution in [0.25, 0.3) is 0 Å². The first kappa shape index (κ1) is 19.3. The lowest BCUT2D eigenvalue weighted by Crippen LogP contribution is -2.24. The molecule has 1 heterocycles. The Morgan fingerprint density at radius 2 is 1.28 bits per heavy atom. The van der Waals surface area contributed by atoms with Crippen LogP contribution in [0.2, 0.25) is 0 Å². The zero-order valence-electron chi connectivity index (χ0n) is 16.1. The highest BCUT2D eigenvalue weighted by molar-refractivity contribution is 7.68. The van der Waals surface area contributed by atoms with Gasteiger partial charge in [0.05, 0.1) is 5.66 Å². The maximum Gasteiger partial charge on any atom is 0.270 e. The molecular weight excluding hydrogens is 381 g/mol. The Bertz CT molecular complexity index is 945. The minimum atomic E-state index is -3.13. The fourth-order valence-corrected chi connectivity index (χ4v) is 7.57. The molecule has 29 heavy (non-hydrogen) atoms. The van der Waals surface area contributed by atoms with Gasteiger partial charge in [-0.25, -0.2) is 0 Å². The summed E-state index contributed by atoms with van der Waals surface area (Å²) in [5.74, 6) is 0. The van der Waals surface area contributed by atoms with Crippen molar-refractivity contribution in [2.24, 2.45) is 5.16 Å². The minimum Gasteiger partial charge on any atom is -0.411 e. The van der Waals surface area contributed by atoms with Gasteiger partial charge in [-0.05, 0) is 29.8 Å². The number of anilines is 2. The van der Waals surface area contributed by atoms with Gasteiger partial charge in [-0.2, -0.15) is 0 Å². The molecule has 3 aromatic carbocycles. The van der Waals surface area contributed by atoms with Gasteiger partial charge in [0.25, 0.3) is 7.44 Å². The summed E-state index contributed by atoms with van der Waals surface area (Å²) in [5, 5.41) is 12.3. The zero-order valence-corrected chi connectivity index (χ0v) is 17.0. The molecular formula is C23H24N3O2P. The van der Waals surface area contributed by atoms with Crippen LogP contribution in [0.15, 0.2) is 96.2 Å². The van der Waals surface area contributed by atoms with E-state index in [2.05, 4.69) is 5.16 Å². The smallest absolute Gasteiger partial charge is 0.270 e. The first-order chi connectivity index (χ1) is 14.2. The van der Waals surface area contributed by atoms with Crippen molar-refractivity contribution < 1.29 is 9.77 Å². The van der Waals surface area contributed by atoms with Gasteiger partial charge in [0.15, 0.2) is 0 Å². The third-order valence-electron chi connectivity index (χ3n) is 5.32. The Morgan fingerprint density at radius 1 is 0.828 bits per heavy atom. The van der Waals surface area contributed by atoms with Crippen LogP contribution in [0.1, 0.15) is 17.6 Å². The van der Waals surface area contributed by atoms with E-state index < -0.39 is 7.44 Å². The fraction of sp³-hybridized carbons (Fsp3) is 0.174. The number of benzene rings is 3. The molecule has 4 rings (SSSR count). The van der Waals surface area contributed by atoms with Crippen LogP contribution in [0.5, 0.6) is 0 Å². The van der Waals surface area contributed by atoms with E-state index in [1.807, 2.05) is 100 Å². The highest BCUT2D eigenvalue weighted by Gasteiger charge is 2.49. The predicted octanol–water partition coefficient (Wildman–Crippen LogP) is 5.80. The van der Waals surface area contributed by atoms with Crippen LogP contribution in [0, 0.1) is 0 Å². The first-order valence-corrected chi connectivity index (χ1v) is 11.4. The van der Waals surface area contributed by atoms with Gasteiger partial charge in [0, 0.05) is 37.1 Å². The van der Waals surface area contributed by atoms with Crippen LogP contribution < -0.4 is 9.34 Å². The Kier molecular flexibility index (Phi) is 5.68.